The molecule has 0 saturated carbocycles. The number of epoxide rings is 2. The lowest BCUT2D eigenvalue weighted by Gasteiger charge is -2.12. The van der Waals surface area contributed by atoms with E-state index >= 15 is 0 Å². The summed E-state index contributed by atoms with van der Waals surface area (Å²) in [5.74, 6) is 0.731. The molecule has 2 aromatic rings. The maximum absolute atomic E-state index is 11.7. The van der Waals surface area contributed by atoms with Crippen molar-refractivity contribution >= 4 is 11.0 Å². The highest BCUT2D eigenvalue weighted by Gasteiger charge is 2.49. The van der Waals surface area contributed by atoms with Crippen molar-refractivity contribution in [3.05, 3.63) is 40.2 Å². The summed E-state index contributed by atoms with van der Waals surface area (Å²) in [5, 5.41) is 0.887. The molecule has 0 radical (unpaired) electrons. The van der Waals surface area contributed by atoms with Crippen LogP contribution in [0.4, 0.5) is 0 Å². The Morgan fingerprint density at radius 1 is 1.00 bits per heavy atom. The van der Waals surface area contributed by atoms with Gasteiger partial charge in [0.2, 0.25) is 0 Å². The van der Waals surface area contributed by atoms with E-state index in [1.54, 1.807) is 6.07 Å². The fourth-order valence-corrected chi connectivity index (χ4v) is 3.04. The Kier molecular flexibility index (Phi) is 3.31. The van der Waals surface area contributed by atoms with Gasteiger partial charge in [-0.2, -0.15) is 0 Å². The van der Waals surface area contributed by atoms with Crippen molar-refractivity contribution in [1.82, 2.24) is 0 Å². The number of benzene rings is 1. The van der Waals surface area contributed by atoms with Crippen molar-refractivity contribution in [3.63, 3.8) is 0 Å². The number of rotatable bonds is 5. The van der Waals surface area contributed by atoms with E-state index in [4.69, 9.17) is 18.6 Å². The molecule has 0 spiro atoms. The highest BCUT2D eigenvalue weighted by Crippen LogP contribution is 2.41. The van der Waals surface area contributed by atoms with Crippen LogP contribution in [0.5, 0.6) is 5.75 Å². The van der Waals surface area contributed by atoms with Gasteiger partial charge in [0.05, 0.1) is 17.3 Å². The monoisotopic (exact) mass is 330 g/mol. The minimum atomic E-state index is -0.358. The van der Waals surface area contributed by atoms with E-state index < -0.39 is 0 Å². The van der Waals surface area contributed by atoms with Crippen molar-refractivity contribution in [2.24, 2.45) is 0 Å². The van der Waals surface area contributed by atoms with E-state index in [0.717, 1.165) is 16.7 Å². The second-order valence-electron chi connectivity index (χ2n) is 7.65. The van der Waals surface area contributed by atoms with Gasteiger partial charge in [-0.1, -0.05) is 0 Å². The Morgan fingerprint density at radius 2 is 1.62 bits per heavy atom. The van der Waals surface area contributed by atoms with Crippen molar-refractivity contribution in [1.29, 1.82) is 0 Å². The molecule has 2 saturated heterocycles. The highest BCUT2D eigenvalue weighted by atomic mass is 16.6. The first-order chi connectivity index (χ1) is 11.3. The average Bonchev–Trinajstić information content (AvgIpc) is 3.32. The molecule has 1 aromatic heterocycles. The Labute approximate surface area is 140 Å². The zero-order chi connectivity index (χ0) is 17.1. The summed E-state index contributed by atoms with van der Waals surface area (Å²) in [7, 11) is 0. The lowest BCUT2D eigenvalue weighted by Crippen LogP contribution is -2.14. The number of hydrogen-bond acceptors (Lipinski definition) is 5. The molecule has 5 nitrogen and oxygen atoms in total. The average molecular weight is 330 g/mol. The van der Waals surface area contributed by atoms with Gasteiger partial charge < -0.3 is 18.6 Å². The Bertz CT molecular complexity index is 848. The van der Waals surface area contributed by atoms with E-state index in [1.165, 1.54) is 6.07 Å². The maximum Gasteiger partial charge on any atom is 0.336 e. The standard InChI is InChI=1S/C19H22O5/c1-18(2)14(23-18)9-12-13(21-10-15-19(3,4)24-15)7-5-11-6-8-16(20)22-17(11)12/h5-8,14-15H,9-10H2,1-4H3/t14-,15+/m1/s1. The molecule has 24 heavy (non-hydrogen) atoms. The number of hydrogen-bond donors (Lipinski definition) is 0. The first-order valence-electron chi connectivity index (χ1n) is 8.30. The molecular weight excluding hydrogens is 308 g/mol. The molecule has 2 atom stereocenters. The molecule has 1 aromatic carbocycles. The second kappa shape index (κ2) is 5.07. The zero-order valence-electron chi connectivity index (χ0n) is 14.4. The van der Waals surface area contributed by atoms with Crippen LogP contribution in [-0.4, -0.2) is 30.0 Å². The summed E-state index contributed by atoms with van der Waals surface area (Å²) in [6.07, 6.45) is 0.851. The molecule has 2 fully saturated rings. The fraction of sp³-hybridized carbons (Fsp3) is 0.526. The molecule has 0 unspecified atom stereocenters. The van der Waals surface area contributed by atoms with E-state index in [9.17, 15) is 4.79 Å². The van der Waals surface area contributed by atoms with Crippen molar-refractivity contribution in [2.45, 2.75) is 57.5 Å². The first-order valence-corrected chi connectivity index (χ1v) is 8.30. The molecule has 2 aliphatic rings. The Hall–Kier alpha value is -1.85. The molecule has 5 heteroatoms. The third-order valence-electron chi connectivity index (χ3n) is 4.96. The van der Waals surface area contributed by atoms with Crippen LogP contribution < -0.4 is 10.4 Å². The van der Waals surface area contributed by atoms with Crippen LogP contribution in [-0.2, 0) is 15.9 Å². The second-order valence-corrected chi connectivity index (χ2v) is 7.65. The summed E-state index contributed by atoms with van der Waals surface area (Å²) < 4.78 is 22.8. The smallest absolute Gasteiger partial charge is 0.336 e. The van der Waals surface area contributed by atoms with Gasteiger partial charge >= 0.3 is 5.63 Å². The third kappa shape index (κ3) is 2.82. The van der Waals surface area contributed by atoms with Crippen LogP contribution in [0, 0.1) is 0 Å². The lowest BCUT2D eigenvalue weighted by atomic mass is 10.00. The summed E-state index contributed by atoms with van der Waals surface area (Å²) in [4.78, 5) is 11.7. The predicted molar refractivity (Wildman–Crippen MR) is 89.6 cm³/mol. The molecule has 0 amide bonds. The SMILES string of the molecule is CC1(C)O[C@H]1COc1ccc2ccc(=O)oc2c1C[C@H]1OC1(C)C. The summed E-state index contributed by atoms with van der Waals surface area (Å²) in [6.45, 7) is 8.68. The normalized spacial score (nSPS) is 26.3. The van der Waals surface area contributed by atoms with Gasteiger partial charge in [0, 0.05) is 23.4 Å². The van der Waals surface area contributed by atoms with Gasteiger partial charge in [-0.05, 0) is 45.9 Å². The largest absolute Gasteiger partial charge is 0.490 e. The van der Waals surface area contributed by atoms with Crippen LogP contribution in [0.15, 0.2) is 33.5 Å². The van der Waals surface area contributed by atoms with Crippen LogP contribution in [0.1, 0.15) is 33.3 Å². The van der Waals surface area contributed by atoms with Gasteiger partial charge in [0.15, 0.2) is 0 Å². The number of fused-ring (bicyclic) bond motifs is 1. The summed E-state index contributed by atoms with van der Waals surface area (Å²) in [5.41, 5.74) is 0.853. The topological polar surface area (TPSA) is 64.5 Å². The number of ether oxygens (including phenoxy) is 3. The van der Waals surface area contributed by atoms with Gasteiger partial charge in [0.1, 0.15) is 24.0 Å². The fourth-order valence-electron chi connectivity index (χ4n) is 3.04. The molecular formula is C19H22O5. The molecule has 4 rings (SSSR count). The molecule has 0 bridgehead atoms. The molecule has 2 aliphatic heterocycles. The highest BCUT2D eigenvalue weighted by molar-refractivity contribution is 5.82. The Balaban J connectivity index is 1.67. The Morgan fingerprint density at radius 3 is 2.25 bits per heavy atom. The summed E-state index contributed by atoms with van der Waals surface area (Å²) >= 11 is 0. The molecule has 128 valence electrons. The molecule has 0 N–H and O–H groups in total. The quantitative estimate of drug-likeness (QED) is 0.623. The van der Waals surface area contributed by atoms with E-state index in [0.29, 0.717) is 18.6 Å². The lowest BCUT2D eigenvalue weighted by molar-refractivity contribution is 0.252. The first kappa shape index (κ1) is 15.7. The van der Waals surface area contributed by atoms with Gasteiger partial charge in [-0.3, -0.25) is 0 Å². The van der Waals surface area contributed by atoms with Crippen LogP contribution >= 0.6 is 0 Å². The van der Waals surface area contributed by atoms with Crippen LogP contribution in [0.2, 0.25) is 0 Å². The summed E-state index contributed by atoms with van der Waals surface area (Å²) in [6, 6.07) is 7.06. The van der Waals surface area contributed by atoms with Crippen molar-refractivity contribution in [3.8, 4) is 5.75 Å². The van der Waals surface area contributed by atoms with E-state index in [-0.39, 0.29) is 29.0 Å². The van der Waals surface area contributed by atoms with E-state index in [1.807, 2.05) is 26.0 Å². The van der Waals surface area contributed by atoms with Gasteiger partial charge in [0.25, 0.3) is 0 Å². The molecule has 3 heterocycles. The van der Waals surface area contributed by atoms with Crippen molar-refractivity contribution < 1.29 is 18.6 Å². The minimum Gasteiger partial charge on any atom is -0.490 e. The van der Waals surface area contributed by atoms with Gasteiger partial charge in [-0.15, -0.1) is 0 Å². The van der Waals surface area contributed by atoms with E-state index in [2.05, 4.69) is 13.8 Å². The van der Waals surface area contributed by atoms with Crippen molar-refractivity contribution in [2.75, 3.05) is 6.61 Å². The minimum absolute atomic E-state index is 0.0949. The van der Waals surface area contributed by atoms with Crippen LogP contribution in [0.3, 0.4) is 0 Å². The predicted octanol–water partition coefficient (Wildman–Crippen LogP) is 3.07. The molecule has 0 aliphatic carbocycles. The van der Waals surface area contributed by atoms with Crippen LogP contribution in [0.25, 0.3) is 11.0 Å². The third-order valence-corrected chi connectivity index (χ3v) is 4.96. The van der Waals surface area contributed by atoms with Gasteiger partial charge in [-0.25, -0.2) is 4.79 Å². The zero-order valence-corrected chi connectivity index (χ0v) is 14.4. The maximum atomic E-state index is 11.7.